The average molecular weight is 283 g/mol. The van der Waals surface area contributed by atoms with E-state index in [1.807, 2.05) is 13.0 Å². The Morgan fingerprint density at radius 1 is 0.700 bits per heavy atom. The fraction of sp³-hybridized carbons (Fsp3) is 0.895. The summed E-state index contributed by atoms with van der Waals surface area (Å²) in [5.74, 6) is 0. The van der Waals surface area contributed by atoms with E-state index in [0.717, 1.165) is 6.42 Å². The van der Waals surface area contributed by atoms with Crippen LogP contribution in [0.25, 0.3) is 0 Å². The molecule has 0 rings (SSSR count). The first kappa shape index (κ1) is 19.7. The van der Waals surface area contributed by atoms with Gasteiger partial charge in [-0.2, -0.15) is 0 Å². The summed E-state index contributed by atoms with van der Waals surface area (Å²) >= 11 is 0. The quantitative estimate of drug-likeness (QED) is 0.256. The Hall–Kier alpha value is -0.300. The van der Waals surface area contributed by atoms with Gasteiger partial charge in [-0.15, -0.1) is 6.58 Å². The molecule has 0 saturated heterocycles. The van der Waals surface area contributed by atoms with Crippen molar-refractivity contribution in [1.29, 1.82) is 0 Å². The second-order valence-electron chi connectivity index (χ2n) is 6.31. The van der Waals surface area contributed by atoms with Gasteiger partial charge >= 0.3 is 0 Å². The fourth-order valence-electron chi connectivity index (χ4n) is 2.67. The van der Waals surface area contributed by atoms with Crippen molar-refractivity contribution in [3.05, 3.63) is 12.7 Å². The molecular weight excluding hydrogens is 244 g/mol. The standard InChI is InChI=1S/C19H38O/c1-3-4-5-6-7-8-9-10-11-12-13-14-15-16-17-18-19(2)20/h3,19-20H,1,4-18H2,2H3. The predicted octanol–water partition coefficient (Wildman–Crippen LogP) is 6.40. The molecule has 0 heterocycles. The molecule has 0 fully saturated rings. The van der Waals surface area contributed by atoms with Crippen LogP contribution in [0, 0.1) is 0 Å². The van der Waals surface area contributed by atoms with Crippen LogP contribution in [-0.2, 0) is 0 Å². The smallest absolute Gasteiger partial charge is 0.0512 e. The first-order valence-electron chi connectivity index (χ1n) is 9.06. The molecule has 0 aliphatic heterocycles. The molecule has 0 amide bonds. The maximum Gasteiger partial charge on any atom is 0.0512 e. The van der Waals surface area contributed by atoms with Crippen molar-refractivity contribution in [2.45, 2.75) is 109 Å². The van der Waals surface area contributed by atoms with Gasteiger partial charge in [0.2, 0.25) is 0 Å². The van der Waals surface area contributed by atoms with Crippen LogP contribution in [0.15, 0.2) is 12.7 Å². The molecule has 0 aromatic rings. The summed E-state index contributed by atoms with van der Waals surface area (Å²) in [6.07, 6.45) is 22.0. The Balaban J connectivity index is 2.94. The van der Waals surface area contributed by atoms with E-state index in [1.54, 1.807) is 0 Å². The number of unbranched alkanes of at least 4 members (excludes halogenated alkanes) is 13. The Bertz CT molecular complexity index is 186. The van der Waals surface area contributed by atoms with Crippen LogP contribution in [0.3, 0.4) is 0 Å². The minimum absolute atomic E-state index is 0.105. The largest absolute Gasteiger partial charge is 0.393 e. The third-order valence-corrected chi connectivity index (χ3v) is 4.03. The van der Waals surface area contributed by atoms with Crippen LogP contribution < -0.4 is 0 Å². The summed E-state index contributed by atoms with van der Waals surface area (Å²) < 4.78 is 0. The fourth-order valence-corrected chi connectivity index (χ4v) is 2.67. The van der Waals surface area contributed by atoms with Gasteiger partial charge in [0, 0.05) is 0 Å². The second kappa shape index (κ2) is 16.8. The van der Waals surface area contributed by atoms with Gasteiger partial charge in [-0.25, -0.2) is 0 Å². The SMILES string of the molecule is C=CCCCCCCCCCCCCCCCC(C)O. The van der Waals surface area contributed by atoms with Gasteiger partial charge in [0.05, 0.1) is 6.10 Å². The Labute approximate surface area is 127 Å². The zero-order valence-corrected chi connectivity index (χ0v) is 13.9. The van der Waals surface area contributed by atoms with Crippen molar-refractivity contribution >= 4 is 0 Å². The van der Waals surface area contributed by atoms with Gasteiger partial charge in [0.1, 0.15) is 0 Å². The van der Waals surface area contributed by atoms with Gasteiger partial charge in [-0.3, -0.25) is 0 Å². The highest BCUT2D eigenvalue weighted by Gasteiger charge is 1.96. The third kappa shape index (κ3) is 17.7. The first-order chi connectivity index (χ1) is 9.77. The number of rotatable bonds is 16. The summed E-state index contributed by atoms with van der Waals surface area (Å²) in [5.41, 5.74) is 0. The van der Waals surface area contributed by atoms with E-state index in [2.05, 4.69) is 6.58 Å². The average Bonchev–Trinajstić information content (AvgIpc) is 2.43. The summed E-state index contributed by atoms with van der Waals surface area (Å²) in [4.78, 5) is 0. The van der Waals surface area contributed by atoms with E-state index in [1.165, 1.54) is 89.9 Å². The molecule has 1 heteroatoms. The number of aliphatic hydroxyl groups excluding tert-OH is 1. The van der Waals surface area contributed by atoms with E-state index < -0.39 is 0 Å². The summed E-state index contributed by atoms with van der Waals surface area (Å²) in [7, 11) is 0. The minimum atomic E-state index is -0.105. The van der Waals surface area contributed by atoms with Gasteiger partial charge < -0.3 is 5.11 Å². The van der Waals surface area contributed by atoms with Crippen molar-refractivity contribution in [1.82, 2.24) is 0 Å². The third-order valence-electron chi connectivity index (χ3n) is 4.03. The zero-order chi connectivity index (χ0) is 14.9. The Morgan fingerprint density at radius 3 is 1.40 bits per heavy atom. The van der Waals surface area contributed by atoms with Gasteiger partial charge in [-0.05, 0) is 26.2 Å². The lowest BCUT2D eigenvalue weighted by molar-refractivity contribution is 0.180. The van der Waals surface area contributed by atoms with Crippen molar-refractivity contribution in [3.8, 4) is 0 Å². The molecule has 120 valence electrons. The molecule has 1 N–H and O–H groups in total. The number of hydrogen-bond acceptors (Lipinski definition) is 1. The van der Waals surface area contributed by atoms with E-state index in [9.17, 15) is 0 Å². The van der Waals surface area contributed by atoms with E-state index in [0.29, 0.717) is 0 Å². The van der Waals surface area contributed by atoms with Crippen molar-refractivity contribution in [2.24, 2.45) is 0 Å². The van der Waals surface area contributed by atoms with Crippen molar-refractivity contribution < 1.29 is 5.11 Å². The van der Waals surface area contributed by atoms with E-state index in [4.69, 9.17) is 5.11 Å². The molecule has 0 aliphatic carbocycles. The molecule has 0 saturated carbocycles. The molecule has 0 radical (unpaired) electrons. The van der Waals surface area contributed by atoms with Crippen LogP contribution in [0.4, 0.5) is 0 Å². The summed E-state index contributed by atoms with van der Waals surface area (Å²) in [6, 6.07) is 0. The highest BCUT2D eigenvalue weighted by molar-refractivity contribution is 4.65. The molecule has 1 unspecified atom stereocenters. The zero-order valence-electron chi connectivity index (χ0n) is 13.9. The molecule has 0 aromatic carbocycles. The minimum Gasteiger partial charge on any atom is -0.393 e. The maximum absolute atomic E-state index is 9.15. The first-order valence-corrected chi connectivity index (χ1v) is 9.06. The van der Waals surface area contributed by atoms with Crippen molar-refractivity contribution in [2.75, 3.05) is 0 Å². The maximum atomic E-state index is 9.15. The van der Waals surface area contributed by atoms with E-state index >= 15 is 0 Å². The van der Waals surface area contributed by atoms with Crippen LogP contribution in [0.1, 0.15) is 103 Å². The van der Waals surface area contributed by atoms with Crippen LogP contribution >= 0.6 is 0 Å². The summed E-state index contributed by atoms with van der Waals surface area (Å²) in [5, 5.41) is 9.15. The molecular formula is C19H38O. The summed E-state index contributed by atoms with van der Waals surface area (Å²) in [6.45, 7) is 5.64. The highest BCUT2D eigenvalue weighted by Crippen LogP contribution is 2.13. The lowest BCUT2D eigenvalue weighted by Gasteiger charge is -2.04. The predicted molar refractivity (Wildman–Crippen MR) is 91.1 cm³/mol. The second-order valence-corrected chi connectivity index (χ2v) is 6.31. The lowest BCUT2D eigenvalue weighted by Crippen LogP contribution is -1.98. The van der Waals surface area contributed by atoms with Gasteiger partial charge in [0.25, 0.3) is 0 Å². The van der Waals surface area contributed by atoms with Crippen LogP contribution in [-0.4, -0.2) is 11.2 Å². The number of allylic oxidation sites excluding steroid dienone is 1. The monoisotopic (exact) mass is 282 g/mol. The number of hydrogen-bond donors (Lipinski definition) is 1. The molecule has 0 aromatic heterocycles. The molecule has 0 spiro atoms. The highest BCUT2D eigenvalue weighted by atomic mass is 16.3. The molecule has 0 bridgehead atoms. The van der Waals surface area contributed by atoms with Gasteiger partial charge in [-0.1, -0.05) is 83.1 Å². The molecule has 20 heavy (non-hydrogen) atoms. The lowest BCUT2D eigenvalue weighted by atomic mass is 10.0. The molecule has 0 aliphatic rings. The topological polar surface area (TPSA) is 20.2 Å². The number of aliphatic hydroxyl groups is 1. The van der Waals surface area contributed by atoms with Crippen LogP contribution in [0.5, 0.6) is 0 Å². The van der Waals surface area contributed by atoms with E-state index in [-0.39, 0.29) is 6.10 Å². The normalized spacial score (nSPS) is 12.5. The molecule has 1 atom stereocenters. The Morgan fingerprint density at radius 2 is 1.05 bits per heavy atom. The van der Waals surface area contributed by atoms with Gasteiger partial charge in [0.15, 0.2) is 0 Å². The van der Waals surface area contributed by atoms with Crippen molar-refractivity contribution in [3.63, 3.8) is 0 Å². The molecule has 1 nitrogen and oxygen atoms in total. The van der Waals surface area contributed by atoms with Crippen LogP contribution in [0.2, 0.25) is 0 Å². The Kier molecular flexibility index (Phi) is 16.5.